The number of hydrogen-bond acceptors (Lipinski definition) is 3. The van der Waals surface area contributed by atoms with Crippen LogP contribution in [0.4, 0.5) is 0 Å². The van der Waals surface area contributed by atoms with E-state index in [4.69, 9.17) is 4.98 Å². The molecular formula is C18H22N2OS. The van der Waals surface area contributed by atoms with Gasteiger partial charge in [0.25, 0.3) is 5.56 Å². The molecule has 0 bridgehead atoms. The summed E-state index contributed by atoms with van der Waals surface area (Å²) in [7, 11) is 0. The monoisotopic (exact) mass is 314 g/mol. The molecule has 0 saturated carbocycles. The van der Waals surface area contributed by atoms with E-state index in [0.29, 0.717) is 0 Å². The predicted molar refractivity (Wildman–Crippen MR) is 92.7 cm³/mol. The maximum atomic E-state index is 12.7. The van der Waals surface area contributed by atoms with Gasteiger partial charge in [-0.15, -0.1) is 0 Å². The average Bonchev–Trinajstić information content (AvgIpc) is 2.52. The van der Waals surface area contributed by atoms with Gasteiger partial charge in [-0.25, -0.2) is 4.98 Å². The second-order valence-electron chi connectivity index (χ2n) is 6.19. The average molecular weight is 314 g/mol. The highest BCUT2D eigenvalue weighted by molar-refractivity contribution is 7.99. The fraction of sp³-hybridized carbons (Fsp3) is 0.444. The van der Waals surface area contributed by atoms with Crippen molar-refractivity contribution < 1.29 is 0 Å². The van der Waals surface area contributed by atoms with Crippen molar-refractivity contribution in [1.29, 1.82) is 0 Å². The van der Waals surface area contributed by atoms with Crippen LogP contribution in [0.15, 0.2) is 34.2 Å². The predicted octanol–water partition coefficient (Wildman–Crippen LogP) is 4.16. The summed E-state index contributed by atoms with van der Waals surface area (Å²) in [6.07, 6.45) is 2.90. The number of fused-ring (bicyclic) bond motifs is 3. The normalized spacial score (nSPS) is 19.6. The summed E-state index contributed by atoms with van der Waals surface area (Å²) >= 11 is 1.62. The third kappa shape index (κ3) is 2.50. The molecule has 0 amide bonds. The molecule has 0 unspecified atom stereocenters. The highest BCUT2D eigenvalue weighted by Gasteiger charge is 2.37. The van der Waals surface area contributed by atoms with Crippen LogP contribution in [-0.2, 0) is 11.8 Å². The molecule has 3 nitrogen and oxygen atoms in total. The van der Waals surface area contributed by atoms with Crippen molar-refractivity contribution in [3.05, 3.63) is 45.7 Å². The minimum atomic E-state index is -0.141. The Morgan fingerprint density at radius 1 is 1.32 bits per heavy atom. The third-order valence-electron chi connectivity index (χ3n) is 4.58. The van der Waals surface area contributed by atoms with Gasteiger partial charge in [0.15, 0.2) is 5.16 Å². The molecule has 0 radical (unpaired) electrons. The molecule has 1 aromatic carbocycles. The number of rotatable bonds is 4. The molecule has 1 aliphatic carbocycles. The molecule has 22 heavy (non-hydrogen) atoms. The quantitative estimate of drug-likeness (QED) is 0.681. The fourth-order valence-electron chi connectivity index (χ4n) is 3.19. The van der Waals surface area contributed by atoms with Gasteiger partial charge in [0, 0.05) is 22.3 Å². The smallest absolute Gasteiger partial charge is 0.255 e. The minimum absolute atomic E-state index is 0.0301. The van der Waals surface area contributed by atoms with E-state index in [9.17, 15) is 4.79 Å². The zero-order valence-electron chi connectivity index (χ0n) is 13.4. The first kappa shape index (κ1) is 15.3. The molecule has 1 heterocycles. The zero-order valence-corrected chi connectivity index (χ0v) is 14.2. The molecule has 1 aliphatic rings. The van der Waals surface area contributed by atoms with Crippen molar-refractivity contribution in [1.82, 2.24) is 9.97 Å². The second-order valence-corrected chi connectivity index (χ2v) is 7.27. The number of aromatic nitrogens is 2. The van der Waals surface area contributed by atoms with Gasteiger partial charge >= 0.3 is 0 Å². The molecule has 1 N–H and O–H groups in total. The molecule has 3 rings (SSSR count). The van der Waals surface area contributed by atoms with Crippen molar-refractivity contribution in [2.45, 2.75) is 50.6 Å². The molecule has 1 atom stereocenters. The number of nitrogens with one attached hydrogen (secondary N) is 1. The summed E-state index contributed by atoms with van der Waals surface area (Å²) in [5, 5.41) is 0.737. The Morgan fingerprint density at radius 3 is 2.82 bits per heavy atom. The number of nitrogens with zero attached hydrogens (tertiary/aromatic N) is 1. The SMILES string of the molecule is CCCSc1nc2c(c(=O)[nH]1)[C@@](C)(CC)Cc1ccccc1-2. The van der Waals surface area contributed by atoms with Crippen molar-refractivity contribution in [2.75, 3.05) is 5.75 Å². The number of hydrogen-bond donors (Lipinski definition) is 1. The minimum Gasteiger partial charge on any atom is -0.301 e. The van der Waals surface area contributed by atoms with Gasteiger partial charge in [-0.2, -0.15) is 0 Å². The lowest BCUT2D eigenvalue weighted by molar-refractivity contribution is 0.438. The van der Waals surface area contributed by atoms with Gasteiger partial charge in [0.1, 0.15) is 0 Å². The second kappa shape index (κ2) is 5.92. The lowest BCUT2D eigenvalue weighted by Crippen LogP contribution is -2.36. The molecule has 4 heteroatoms. The van der Waals surface area contributed by atoms with Gasteiger partial charge in [0.2, 0.25) is 0 Å². The van der Waals surface area contributed by atoms with Crippen LogP contribution in [0.5, 0.6) is 0 Å². The summed E-state index contributed by atoms with van der Waals surface area (Å²) < 4.78 is 0. The van der Waals surface area contributed by atoms with E-state index >= 15 is 0 Å². The Morgan fingerprint density at radius 2 is 2.09 bits per heavy atom. The first-order valence-electron chi connectivity index (χ1n) is 7.95. The molecule has 0 saturated heterocycles. The van der Waals surface area contributed by atoms with Gasteiger partial charge in [0.05, 0.1) is 5.69 Å². The topological polar surface area (TPSA) is 45.8 Å². The molecule has 0 spiro atoms. The standard InChI is InChI=1S/C18H22N2OS/c1-4-10-22-17-19-15-13-9-7-6-8-12(13)11-18(3,5-2)14(15)16(21)20-17/h6-9H,4-5,10-11H2,1-3H3,(H,19,20,21)/t18-/m0/s1. The van der Waals surface area contributed by atoms with Crippen LogP contribution in [0.3, 0.4) is 0 Å². The zero-order chi connectivity index (χ0) is 15.7. The number of aromatic amines is 1. The summed E-state index contributed by atoms with van der Waals surface area (Å²) in [6, 6.07) is 8.34. The molecule has 1 aromatic heterocycles. The van der Waals surface area contributed by atoms with Crippen LogP contribution in [-0.4, -0.2) is 15.7 Å². The van der Waals surface area contributed by atoms with Gasteiger partial charge in [-0.1, -0.05) is 56.8 Å². The van der Waals surface area contributed by atoms with Gasteiger partial charge in [-0.05, 0) is 24.8 Å². The van der Waals surface area contributed by atoms with E-state index in [1.54, 1.807) is 11.8 Å². The highest BCUT2D eigenvalue weighted by Crippen LogP contribution is 2.42. The first-order chi connectivity index (χ1) is 10.6. The van der Waals surface area contributed by atoms with Crippen LogP contribution in [0.1, 0.15) is 44.7 Å². The van der Waals surface area contributed by atoms with Crippen LogP contribution in [0.25, 0.3) is 11.3 Å². The van der Waals surface area contributed by atoms with E-state index in [-0.39, 0.29) is 11.0 Å². The lowest BCUT2D eigenvalue weighted by Gasteiger charge is -2.34. The Bertz CT molecular complexity index is 753. The van der Waals surface area contributed by atoms with Crippen LogP contribution in [0, 0.1) is 0 Å². The van der Waals surface area contributed by atoms with Crippen LogP contribution in [0.2, 0.25) is 0 Å². The van der Waals surface area contributed by atoms with E-state index in [0.717, 1.165) is 47.0 Å². The van der Waals surface area contributed by atoms with Crippen molar-refractivity contribution in [3.8, 4) is 11.3 Å². The Balaban J connectivity index is 2.23. The van der Waals surface area contributed by atoms with E-state index in [1.165, 1.54) is 5.56 Å². The maximum absolute atomic E-state index is 12.7. The first-order valence-corrected chi connectivity index (χ1v) is 8.93. The summed E-state index contributed by atoms with van der Waals surface area (Å²) in [5.74, 6) is 0.967. The fourth-order valence-corrected chi connectivity index (χ4v) is 3.91. The number of benzene rings is 1. The van der Waals surface area contributed by atoms with Gasteiger partial charge in [-0.3, -0.25) is 4.79 Å². The van der Waals surface area contributed by atoms with E-state index in [1.807, 2.05) is 6.07 Å². The summed E-state index contributed by atoms with van der Waals surface area (Å²) in [4.78, 5) is 20.5. The molecule has 0 aliphatic heterocycles. The molecule has 0 fully saturated rings. The van der Waals surface area contributed by atoms with Gasteiger partial charge < -0.3 is 4.98 Å². The largest absolute Gasteiger partial charge is 0.301 e. The number of H-pyrrole nitrogens is 1. The molecular weight excluding hydrogens is 292 g/mol. The Hall–Kier alpha value is -1.55. The summed E-state index contributed by atoms with van der Waals surface area (Å²) in [6.45, 7) is 6.46. The summed E-state index contributed by atoms with van der Waals surface area (Å²) in [5.41, 5.74) is 4.04. The van der Waals surface area contributed by atoms with E-state index in [2.05, 4.69) is 44.0 Å². The number of thioether (sulfide) groups is 1. The van der Waals surface area contributed by atoms with Crippen molar-refractivity contribution >= 4 is 11.8 Å². The van der Waals surface area contributed by atoms with Crippen molar-refractivity contribution in [2.24, 2.45) is 0 Å². The Kier molecular flexibility index (Phi) is 4.13. The van der Waals surface area contributed by atoms with Crippen LogP contribution < -0.4 is 5.56 Å². The maximum Gasteiger partial charge on any atom is 0.255 e. The Labute approximate surface area is 135 Å². The highest BCUT2D eigenvalue weighted by atomic mass is 32.2. The van der Waals surface area contributed by atoms with E-state index < -0.39 is 0 Å². The molecule has 116 valence electrons. The lowest BCUT2D eigenvalue weighted by atomic mass is 9.69. The van der Waals surface area contributed by atoms with Crippen LogP contribution >= 0.6 is 11.8 Å². The molecule has 2 aromatic rings. The van der Waals surface area contributed by atoms with Crippen molar-refractivity contribution in [3.63, 3.8) is 0 Å². The third-order valence-corrected chi connectivity index (χ3v) is 5.66.